The van der Waals surface area contributed by atoms with Crippen molar-refractivity contribution in [2.75, 3.05) is 0 Å². The number of carbonyl (C=O) groups is 1. The van der Waals surface area contributed by atoms with Crippen molar-refractivity contribution in [3.05, 3.63) is 11.6 Å². The third-order valence-electron chi connectivity index (χ3n) is 3.66. The lowest BCUT2D eigenvalue weighted by Gasteiger charge is -2.37. The average molecular weight is 178 g/mol. The Labute approximate surface area is 80.2 Å². The fourth-order valence-electron chi connectivity index (χ4n) is 2.82. The molecule has 0 aromatic heterocycles. The second kappa shape index (κ2) is 3.28. The number of allylic oxidation sites excluding steroid dienone is 2. The van der Waals surface area contributed by atoms with Crippen LogP contribution in [0, 0.1) is 5.41 Å². The number of rotatable bonds is 0. The van der Waals surface area contributed by atoms with E-state index >= 15 is 0 Å². The first kappa shape index (κ1) is 8.98. The fourth-order valence-corrected chi connectivity index (χ4v) is 2.82. The Morgan fingerprint density at radius 2 is 1.85 bits per heavy atom. The van der Waals surface area contributed by atoms with Crippen LogP contribution in [0.3, 0.4) is 0 Å². The molecule has 13 heavy (non-hydrogen) atoms. The highest BCUT2D eigenvalue weighted by Crippen LogP contribution is 2.44. The van der Waals surface area contributed by atoms with Crippen molar-refractivity contribution in [2.45, 2.75) is 51.9 Å². The summed E-state index contributed by atoms with van der Waals surface area (Å²) >= 11 is 0. The van der Waals surface area contributed by atoms with Gasteiger partial charge < -0.3 is 0 Å². The van der Waals surface area contributed by atoms with Crippen molar-refractivity contribution in [2.24, 2.45) is 5.41 Å². The molecule has 0 atom stereocenters. The molecule has 0 bridgehead atoms. The van der Waals surface area contributed by atoms with Gasteiger partial charge in [0.2, 0.25) is 0 Å². The van der Waals surface area contributed by atoms with Crippen LogP contribution < -0.4 is 0 Å². The second-order valence-electron chi connectivity index (χ2n) is 4.67. The van der Waals surface area contributed by atoms with Crippen LogP contribution in [0.5, 0.6) is 0 Å². The number of carbonyl (C=O) groups excluding carboxylic acids is 1. The van der Waals surface area contributed by atoms with Gasteiger partial charge in [0.25, 0.3) is 0 Å². The average Bonchev–Trinajstić information content (AvgIpc) is 2.14. The van der Waals surface area contributed by atoms with E-state index in [2.05, 4.69) is 6.08 Å². The topological polar surface area (TPSA) is 17.1 Å². The number of hydrogen-bond acceptors (Lipinski definition) is 1. The third-order valence-corrected chi connectivity index (χ3v) is 3.66. The summed E-state index contributed by atoms with van der Waals surface area (Å²) in [5.41, 5.74) is 1.45. The molecule has 0 aromatic carbocycles. The van der Waals surface area contributed by atoms with Crippen LogP contribution in [0.4, 0.5) is 0 Å². The summed E-state index contributed by atoms with van der Waals surface area (Å²) in [6.45, 7) is 1.98. The predicted molar refractivity (Wildman–Crippen MR) is 53.5 cm³/mol. The van der Waals surface area contributed by atoms with Gasteiger partial charge >= 0.3 is 0 Å². The van der Waals surface area contributed by atoms with Gasteiger partial charge in [-0.2, -0.15) is 0 Å². The minimum absolute atomic E-state index is 0.371. The molecule has 2 rings (SSSR count). The van der Waals surface area contributed by atoms with Gasteiger partial charge in [0.15, 0.2) is 5.78 Å². The van der Waals surface area contributed by atoms with Gasteiger partial charge in [-0.25, -0.2) is 0 Å². The summed E-state index contributed by atoms with van der Waals surface area (Å²) in [4.78, 5) is 11.4. The summed E-state index contributed by atoms with van der Waals surface area (Å²) in [6, 6.07) is 0. The van der Waals surface area contributed by atoms with Crippen molar-refractivity contribution in [1.29, 1.82) is 0 Å². The van der Waals surface area contributed by atoms with Gasteiger partial charge in [-0.1, -0.05) is 25.3 Å². The first-order valence-electron chi connectivity index (χ1n) is 5.45. The third kappa shape index (κ3) is 1.70. The maximum absolute atomic E-state index is 11.4. The minimum atomic E-state index is 0.371. The van der Waals surface area contributed by atoms with E-state index in [9.17, 15) is 4.79 Å². The van der Waals surface area contributed by atoms with Gasteiger partial charge in [-0.05, 0) is 37.2 Å². The Bertz CT molecular complexity index is 244. The van der Waals surface area contributed by atoms with Gasteiger partial charge in [-0.3, -0.25) is 4.79 Å². The Kier molecular flexibility index (Phi) is 2.27. The van der Waals surface area contributed by atoms with E-state index in [-0.39, 0.29) is 0 Å². The molecule has 0 unspecified atom stereocenters. The first-order valence-corrected chi connectivity index (χ1v) is 5.45. The molecule has 2 aliphatic carbocycles. The molecule has 0 radical (unpaired) electrons. The molecule has 2 aliphatic rings. The van der Waals surface area contributed by atoms with Gasteiger partial charge in [-0.15, -0.1) is 0 Å². The lowest BCUT2D eigenvalue weighted by molar-refractivity contribution is -0.116. The number of hydrogen-bond donors (Lipinski definition) is 0. The van der Waals surface area contributed by atoms with Gasteiger partial charge in [0.05, 0.1) is 0 Å². The zero-order chi connectivity index (χ0) is 9.31. The molecule has 0 heterocycles. The van der Waals surface area contributed by atoms with Crippen LogP contribution in [-0.4, -0.2) is 5.78 Å². The maximum atomic E-state index is 11.4. The van der Waals surface area contributed by atoms with Crippen molar-refractivity contribution < 1.29 is 4.79 Å². The number of Topliss-reactive ketones (excluding diaryl/α,β-unsaturated/α-hetero) is 1. The fraction of sp³-hybridized carbons (Fsp3) is 0.750. The highest BCUT2D eigenvalue weighted by atomic mass is 16.1. The van der Waals surface area contributed by atoms with Crippen LogP contribution in [-0.2, 0) is 4.79 Å². The van der Waals surface area contributed by atoms with E-state index in [4.69, 9.17) is 0 Å². The van der Waals surface area contributed by atoms with E-state index in [1.165, 1.54) is 32.1 Å². The zero-order valence-corrected chi connectivity index (χ0v) is 8.44. The first-order chi connectivity index (χ1) is 6.22. The molecule has 0 aromatic rings. The lowest BCUT2D eigenvalue weighted by atomic mass is 9.67. The number of ketones is 1. The standard InChI is InChI=1S/C12H18O/c1-10-9-12(8-5-11(10)13)6-3-2-4-7-12/h9H,2-8H2,1H3. The van der Waals surface area contributed by atoms with E-state index in [1.807, 2.05) is 6.92 Å². The molecule has 1 nitrogen and oxygen atoms in total. The molecule has 0 aliphatic heterocycles. The lowest BCUT2D eigenvalue weighted by Crippen LogP contribution is -2.27. The van der Waals surface area contributed by atoms with Crippen molar-refractivity contribution in [3.63, 3.8) is 0 Å². The Morgan fingerprint density at radius 3 is 2.46 bits per heavy atom. The molecule has 0 amide bonds. The Balaban J connectivity index is 2.19. The summed E-state index contributed by atoms with van der Waals surface area (Å²) in [5, 5.41) is 0. The molecule has 0 N–H and O–H groups in total. The molecular weight excluding hydrogens is 160 g/mol. The molecule has 1 saturated carbocycles. The van der Waals surface area contributed by atoms with Crippen LogP contribution in [0.15, 0.2) is 11.6 Å². The van der Waals surface area contributed by atoms with E-state index < -0.39 is 0 Å². The van der Waals surface area contributed by atoms with Crippen LogP contribution in [0.25, 0.3) is 0 Å². The van der Waals surface area contributed by atoms with E-state index in [1.54, 1.807) is 0 Å². The van der Waals surface area contributed by atoms with Gasteiger partial charge in [0.1, 0.15) is 0 Å². The monoisotopic (exact) mass is 178 g/mol. The molecule has 1 heteroatoms. The van der Waals surface area contributed by atoms with Crippen molar-refractivity contribution in [3.8, 4) is 0 Å². The summed E-state index contributed by atoms with van der Waals surface area (Å²) in [6.07, 6.45) is 10.9. The molecule has 0 saturated heterocycles. The Morgan fingerprint density at radius 1 is 1.15 bits per heavy atom. The zero-order valence-electron chi connectivity index (χ0n) is 8.44. The highest BCUT2D eigenvalue weighted by Gasteiger charge is 2.33. The second-order valence-corrected chi connectivity index (χ2v) is 4.67. The van der Waals surface area contributed by atoms with Crippen molar-refractivity contribution >= 4 is 5.78 Å². The molecule has 72 valence electrons. The normalized spacial score (nSPS) is 27.5. The predicted octanol–water partition coefficient (Wildman–Crippen LogP) is 3.25. The van der Waals surface area contributed by atoms with Crippen LogP contribution in [0.1, 0.15) is 51.9 Å². The van der Waals surface area contributed by atoms with Crippen LogP contribution in [0.2, 0.25) is 0 Å². The summed E-state index contributed by atoms with van der Waals surface area (Å²) in [7, 11) is 0. The Hall–Kier alpha value is -0.590. The van der Waals surface area contributed by atoms with Crippen LogP contribution >= 0.6 is 0 Å². The molecule has 1 fully saturated rings. The summed E-state index contributed by atoms with van der Waals surface area (Å²) in [5.74, 6) is 0.371. The highest BCUT2D eigenvalue weighted by molar-refractivity contribution is 5.95. The SMILES string of the molecule is CC1=CC2(CCCCC2)CCC1=O. The summed E-state index contributed by atoms with van der Waals surface area (Å²) < 4.78 is 0. The largest absolute Gasteiger partial charge is 0.295 e. The quantitative estimate of drug-likeness (QED) is 0.556. The van der Waals surface area contributed by atoms with Crippen molar-refractivity contribution in [1.82, 2.24) is 0 Å². The maximum Gasteiger partial charge on any atom is 0.158 e. The van der Waals surface area contributed by atoms with Gasteiger partial charge in [0, 0.05) is 6.42 Å². The molecular formula is C12H18O. The van der Waals surface area contributed by atoms with E-state index in [0.717, 1.165) is 18.4 Å². The smallest absolute Gasteiger partial charge is 0.158 e. The van der Waals surface area contributed by atoms with E-state index in [0.29, 0.717) is 11.2 Å². The minimum Gasteiger partial charge on any atom is -0.295 e. The molecule has 1 spiro atoms.